The van der Waals surface area contributed by atoms with Crippen molar-refractivity contribution in [3.63, 3.8) is 0 Å². The van der Waals surface area contributed by atoms with E-state index in [-0.39, 0.29) is 5.97 Å². The largest absolute Gasteiger partial charge is 0.462 e. The lowest BCUT2D eigenvalue weighted by molar-refractivity contribution is 0.0527. The van der Waals surface area contributed by atoms with E-state index in [0.717, 1.165) is 5.39 Å². The van der Waals surface area contributed by atoms with Crippen LogP contribution in [0.15, 0.2) is 48.9 Å². The fourth-order valence-corrected chi connectivity index (χ4v) is 2.09. The highest BCUT2D eigenvalue weighted by Crippen LogP contribution is 2.23. The van der Waals surface area contributed by atoms with Gasteiger partial charge in [0.2, 0.25) is 0 Å². The summed E-state index contributed by atoms with van der Waals surface area (Å²) in [5, 5.41) is 0.947. The molecule has 0 radical (unpaired) electrons. The minimum Gasteiger partial charge on any atom is -0.462 e. The number of rotatable bonds is 3. The van der Waals surface area contributed by atoms with Crippen LogP contribution in [0, 0.1) is 0 Å². The van der Waals surface area contributed by atoms with Crippen LogP contribution in [0.25, 0.3) is 22.3 Å². The predicted octanol–water partition coefficient (Wildman–Crippen LogP) is 2.87. The molecule has 0 unspecified atom stereocenters. The molecular weight excluding hydrogens is 266 g/mol. The molecule has 3 aromatic heterocycles. The number of nitrogens with zero attached hydrogens (tertiary/aromatic N) is 3. The molecule has 0 bridgehead atoms. The molecule has 3 aromatic rings. The van der Waals surface area contributed by atoms with E-state index in [1.165, 1.54) is 0 Å². The Morgan fingerprint density at radius 2 is 2.10 bits per heavy atom. The number of ether oxygens (including phenoxy) is 1. The van der Waals surface area contributed by atoms with E-state index < -0.39 is 0 Å². The zero-order valence-corrected chi connectivity index (χ0v) is 11.5. The van der Waals surface area contributed by atoms with Crippen LogP contribution in [0.2, 0.25) is 0 Å². The van der Waals surface area contributed by atoms with Gasteiger partial charge in [-0.1, -0.05) is 0 Å². The van der Waals surface area contributed by atoms with Crippen molar-refractivity contribution in [1.29, 1.82) is 0 Å². The smallest absolute Gasteiger partial charge is 0.338 e. The van der Waals surface area contributed by atoms with Crippen molar-refractivity contribution < 1.29 is 9.53 Å². The molecule has 5 nitrogen and oxygen atoms in total. The van der Waals surface area contributed by atoms with Gasteiger partial charge >= 0.3 is 5.97 Å². The van der Waals surface area contributed by atoms with Gasteiger partial charge < -0.3 is 4.74 Å². The Morgan fingerprint density at radius 1 is 1.19 bits per heavy atom. The monoisotopic (exact) mass is 279 g/mol. The zero-order chi connectivity index (χ0) is 14.7. The summed E-state index contributed by atoms with van der Waals surface area (Å²) in [6.07, 6.45) is 4.87. The summed E-state index contributed by atoms with van der Waals surface area (Å²) >= 11 is 0. The number of carbonyl (C=O) groups is 1. The molecule has 0 saturated heterocycles. The van der Waals surface area contributed by atoms with E-state index >= 15 is 0 Å². The van der Waals surface area contributed by atoms with E-state index in [1.807, 2.05) is 24.3 Å². The van der Waals surface area contributed by atoms with E-state index in [9.17, 15) is 4.79 Å². The topological polar surface area (TPSA) is 65.0 Å². The van der Waals surface area contributed by atoms with Crippen LogP contribution in [-0.4, -0.2) is 27.5 Å². The van der Waals surface area contributed by atoms with Crippen molar-refractivity contribution in [3.8, 4) is 11.3 Å². The quantitative estimate of drug-likeness (QED) is 0.690. The first-order valence-electron chi connectivity index (χ1n) is 6.63. The van der Waals surface area contributed by atoms with Gasteiger partial charge in [-0.05, 0) is 37.3 Å². The molecule has 0 aliphatic heterocycles. The highest BCUT2D eigenvalue weighted by molar-refractivity contribution is 5.97. The van der Waals surface area contributed by atoms with Crippen molar-refractivity contribution in [1.82, 2.24) is 15.0 Å². The summed E-state index contributed by atoms with van der Waals surface area (Å²) in [6, 6.07) is 9.21. The predicted molar refractivity (Wildman–Crippen MR) is 78.7 cm³/mol. The molecule has 0 aromatic carbocycles. The van der Waals surface area contributed by atoms with Crippen LogP contribution in [0.3, 0.4) is 0 Å². The molecule has 0 amide bonds. The molecule has 0 aliphatic carbocycles. The number of esters is 1. The Morgan fingerprint density at radius 3 is 2.95 bits per heavy atom. The first-order chi connectivity index (χ1) is 10.3. The molecular formula is C16H13N3O2. The standard InChI is InChI=1S/C16H13N3O2/c1-2-21-16(20)12-7-9-17-10-13(12)14-6-5-11-4-3-8-18-15(11)19-14/h3-10H,2H2,1H3. The Hall–Kier alpha value is -2.82. The minimum absolute atomic E-state index is 0.327. The van der Waals surface area contributed by atoms with Gasteiger partial charge in [0.15, 0.2) is 5.65 Å². The second-order valence-electron chi connectivity index (χ2n) is 4.39. The minimum atomic E-state index is -0.377. The maximum Gasteiger partial charge on any atom is 0.338 e. The van der Waals surface area contributed by atoms with Crippen LogP contribution in [0.1, 0.15) is 17.3 Å². The fourth-order valence-electron chi connectivity index (χ4n) is 2.09. The van der Waals surface area contributed by atoms with Gasteiger partial charge in [0.25, 0.3) is 0 Å². The Labute approximate surface area is 121 Å². The molecule has 104 valence electrons. The molecule has 3 rings (SSSR count). The third-order valence-corrected chi connectivity index (χ3v) is 3.06. The number of fused-ring (bicyclic) bond motifs is 1. The van der Waals surface area contributed by atoms with Crippen molar-refractivity contribution in [2.24, 2.45) is 0 Å². The summed E-state index contributed by atoms with van der Waals surface area (Å²) in [4.78, 5) is 24.8. The van der Waals surface area contributed by atoms with Crippen LogP contribution in [0.4, 0.5) is 0 Å². The van der Waals surface area contributed by atoms with Crippen LogP contribution in [0.5, 0.6) is 0 Å². The Balaban J connectivity index is 2.12. The van der Waals surface area contributed by atoms with Gasteiger partial charge in [0.1, 0.15) is 0 Å². The van der Waals surface area contributed by atoms with Crippen LogP contribution < -0.4 is 0 Å². The molecule has 0 aliphatic rings. The van der Waals surface area contributed by atoms with Crippen molar-refractivity contribution in [2.45, 2.75) is 6.92 Å². The number of hydrogen-bond acceptors (Lipinski definition) is 5. The third-order valence-electron chi connectivity index (χ3n) is 3.06. The molecule has 3 heterocycles. The van der Waals surface area contributed by atoms with Gasteiger partial charge in [0.05, 0.1) is 17.9 Å². The molecule has 5 heteroatoms. The van der Waals surface area contributed by atoms with Crippen molar-refractivity contribution in [2.75, 3.05) is 6.61 Å². The summed E-state index contributed by atoms with van der Waals surface area (Å²) in [5.74, 6) is -0.377. The lowest BCUT2D eigenvalue weighted by Gasteiger charge is -2.08. The lowest BCUT2D eigenvalue weighted by Crippen LogP contribution is -2.07. The summed E-state index contributed by atoms with van der Waals surface area (Å²) < 4.78 is 5.07. The lowest BCUT2D eigenvalue weighted by atomic mass is 10.1. The van der Waals surface area contributed by atoms with Gasteiger partial charge in [-0.3, -0.25) is 4.98 Å². The summed E-state index contributed by atoms with van der Waals surface area (Å²) in [7, 11) is 0. The maximum absolute atomic E-state index is 12.0. The zero-order valence-electron chi connectivity index (χ0n) is 11.5. The highest BCUT2D eigenvalue weighted by Gasteiger charge is 2.15. The first-order valence-corrected chi connectivity index (χ1v) is 6.63. The molecule has 0 atom stereocenters. The number of carbonyl (C=O) groups excluding carboxylic acids is 1. The van der Waals surface area contributed by atoms with Crippen molar-refractivity contribution >= 4 is 17.0 Å². The van der Waals surface area contributed by atoms with E-state index in [1.54, 1.807) is 31.6 Å². The van der Waals surface area contributed by atoms with Crippen LogP contribution >= 0.6 is 0 Å². The molecule has 0 saturated carbocycles. The Kier molecular flexibility index (Phi) is 3.55. The average Bonchev–Trinajstić information content (AvgIpc) is 2.54. The van der Waals surface area contributed by atoms with E-state index in [2.05, 4.69) is 15.0 Å². The van der Waals surface area contributed by atoms with Gasteiger partial charge in [-0.2, -0.15) is 0 Å². The molecule has 0 spiro atoms. The number of hydrogen-bond donors (Lipinski definition) is 0. The second kappa shape index (κ2) is 5.66. The highest BCUT2D eigenvalue weighted by atomic mass is 16.5. The van der Waals surface area contributed by atoms with E-state index in [4.69, 9.17) is 4.74 Å². The first kappa shape index (κ1) is 13.2. The Bertz CT molecular complexity index is 802. The SMILES string of the molecule is CCOC(=O)c1ccncc1-c1ccc2cccnc2n1. The maximum atomic E-state index is 12.0. The van der Waals surface area contributed by atoms with E-state index in [0.29, 0.717) is 29.1 Å². The fraction of sp³-hybridized carbons (Fsp3) is 0.125. The second-order valence-corrected chi connectivity index (χ2v) is 4.39. The van der Waals surface area contributed by atoms with Crippen molar-refractivity contribution in [3.05, 3.63) is 54.5 Å². The van der Waals surface area contributed by atoms with Crippen LogP contribution in [-0.2, 0) is 4.74 Å². The normalized spacial score (nSPS) is 10.5. The van der Waals surface area contributed by atoms with Gasteiger partial charge in [-0.25, -0.2) is 14.8 Å². The molecule has 0 N–H and O–H groups in total. The van der Waals surface area contributed by atoms with Gasteiger partial charge in [-0.15, -0.1) is 0 Å². The summed E-state index contributed by atoms with van der Waals surface area (Å²) in [6.45, 7) is 2.10. The third kappa shape index (κ3) is 2.58. The number of pyridine rings is 3. The average molecular weight is 279 g/mol. The van der Waals surface area contributed by atoms with Gasteiger partial charge in [0, 0.05) is 29.5 Å². The molecule has 0 fully saturated rings. The number of aromatic nitrogens is 3. The summed E-state index contributed by atoms with van der Waals surface area (Å²) in [5.41, 5.74) is 2.38. The molecule has 21 heavy (non-hydrogen) atoms.